The van der Waals surface area contributed by atoms with Crippen molar-refractivity contribution in [1.82, 2.24) is 10.2 Å². The third-order valence-electron chi connectivity index (χ3n) is 4.34. The minimum atomic E-state index is -0.609. The lowest BCUT2D eigenvalue weighted by Crippen LogP contribution is -2.49. The predicted molar refractivity (Wildman–Crippen MR) is 130 cm³/mol. The summed E-state index contributed by atoms with van der Waals surface area (Å²) in [5.41, 5.74) is 1.96. The highest BCUT2D eigenvalue weighted by atomic mass is 79.9. The van der Waals surface area contributed by atoms with Gasteiger partial charge in [-0.3, -0.25) is 9.59 Å². The lowest BCUT2D eigenvalue weighted by atomic mass is 10.1. The number of hydrogen-bond acceptors (Lipinski definition) is 3. The SMILES string of the molecule is CC(C)NC(=O)C(C)N(Cc1ccc(Cl)c(Cl)c1)C(=O)CSCc1ccc(Br)cc1. The molecular weight excluding hydrogens is 507 g/mol. The highest BCUT2D eigenvalue weighted by Gasteiger charge is 2.26. The Morgan fingerprint density at radius 3 is 2.27 bits per heavy atom. The van der Waals surface area contributed by atoms with E-state index in [9.17, 15) is 9.59 Å². The average molecular weight is 532 g/mol. The number of benzene rings is 2. The third kappa shape index (κ3) is 7.80. The van der Waals surface area contributed by atoms with Crippen molar-refractivity contribution >= 4 is 62.7 Å². The number of nitrogens with one attached hydrogen (secondary N) is 1. The lowest BCUT2D eigenvalue weighted by Gasteiger charge is -2.29. The Hall–Kier alpha value is -1.21. The van der Waals surface area contributed by atoms with Crippen LogP contribution < -0.4 is 5.32 Å². The van der Waals surface area contributed by atoms with Crippen LogP contribution in [-0.2, 0) is 21.9 Å². The van der Waals surface area contributed by atoms with Crippen molar-refractivity contribution in [3.05, 3.63) is 68.1 Å². The molecule has 2 rings (SSSR count). The van der Waals surface area contributed by atoms with Crippen LogP contribution in [-0.4, -0.2) is 34.6 Å². The van der Waals surface area contributed by atoms with Gasteiger partial charge in [0.25, 0.3) is 0 Å². The van der Waals surface area contributed by atoms with E-state index in [-0.39, 0.29) is 30.2 Å². The molecule has 1 atom stereocenters. The van der Waals surface area contributed by atoms with Crippen molar-refractivity contribution in [1.29, 1.82) is 0 Å². The van der Waals surface area contributed by atoms with Gasteiger partial charge in [0.05, 0.1) is 15.8 Å². The fourth-order valence-electron chi connectivity index (χ4n) is 2.74. The van der Waals surface area contributed by atoms with Crippen LogP contribution in [0.5, 0.6) is 0 Å². The zero-order valence-electron chi connectivity index (χ0n) is 17.1. The summed E-state index contributed by atoms with van der Waals surface area (Å²) in [6, 6.07) is 12.6. The molecule has 0 aliphatic heterocycles. The molecule has 0 heterocycles. The molecular formula is C22H25BrCl2N2O2S. The van der Waals surface area contributed by atoms with E-state index < -0.39 is 6.04 Å². The van der Waals surface area contributed by atoms with Crippen molar-refractivity contribution in [3.63, 3.8) is 0 Å². The quantitative estimate of drug-likeness (QED) is 0.436. The van der Waals surface area contributed by atoms with Crippen LogP contribution in [0, 0.1) is 0 Å². The van der Waals surface area contributed by atoms with Gasteiger partial charge in [0.2, 0.25) is 11.8 Å². The van der Waals surface area contributed by atoms with Crippen molar-refractivity contribution < 1.29 is 9.59 Å². The maximum Gasteiger partial charge on any atom is 0.242 e. The molecule has 0 fully saturated rings. The fraction of sp³-hybridized carbons (Fsp3) is 0.364. The van der Waals surface area contributed by atoms with Gasteiger partial charge in [-0.1, -0.05) is 57.3 Å². The Morgan fingerprint density at radius 2 is 1.67 bits per heavy atom. The molecule has 0 aliphatic carbocycles. The molecule has 162 valence electrons. The minimum Gasteiger partial charge on any atom is -0.352 e. The number of rotatable bonds is 9. The number of carbonyl (C=O) groups excluding carboxylic acids is 2. The number of hydrogen-bond donors (Lipinski definition) is 1. The smallest absolute Gasteiger partial charge is 0.242 e. The normalized spacial score (nSPS) is 12.0. The van der Waals surface area contributed by atoms with Gasteiger partial charge < -0.3 is 10.2 Å². The molecule has 1 N–H and O–H groups in total. The highest BCUT2D eigenvalue weighted by Crippen LogP contribution is 2.24. The molecule has 8 heteroatoms. The van der Waals surface area contributed by atoms with Gasteiger partial charge in [-0.25, -0.2) is 0 Å². The molecule has 2 aromatic rings. The molecule has 1 unspecified atom stereocenters. The van der Waals surface area contributed by atoms with E-state index in [1.165, 1.54) is 11.8 Å². The zero-order chi connectivity index (χ0) is 22.3. The Kier molecular flexibility index (Phi) is 10.0. The van der Waals surface area contributed by atoms with Gasteiger partial charge in [-0.15, -0.1) is 11.8 Å². The van der Waals surface area contributed by atoms with Crippen LogP contribution in [0.1, 0.15) is 31.9 Å². The molecule has 0 aliphatic rings. The van der Waals surface area contributed by atoms with Gasteiger partial charge >= 0.3 is 0 Å². The monoisotopic (exact) mass is 530 g/mol. The number of halogens is 3. The van der Waals surface area contributed by atoms with Crippen LogP contribution in [0.2, 0.25) is 10.0 Å². The third-order valence-corrected chi connectivity index (χ3v) is 6.60. The number of nitrogens with zero attached hydrogens (tertiary/aromatic N) is 1. The second-order valence-electron chi connectivity index (χ2n) is 7.23. The van der Waals surface area contributed by atoms with Gasteiger partial charge in [0.15, 0.2) is 0 Å². The van der Waals surface area contributed by atoms with E-state index in [2.05, 4.69) is 21.2 Å². The number of carbonyl (C=O) groups is 2. The molecule has 0 saturated carbocycles. The van der Waals surface area contributed by atoms with E-state index >= 15 is 0 Å². The zero-order valence-corrected chi connectivity index (χ0v) is 21.0. The van der Waals surface area contributed by atoms with Gasteiger partial charge in [0, 0.05) is 22.8 Å². The van der Waals surface area contributed by atoms with E-state index in [1.807, 2.05) is 44.2 Å². The molecule has 0 aromatic heterocycles. The largest absolute Gasteiger partial charge is 0.352 e. The molecule has 0 bridgehead atoms. The Balaban J connectivity index is 2.09. The van der Waals surface area contributed by atoms with Gasteiger partial charge in [-0.2, -0.15) is 0 Å². The number of thioether (sulfide) groups is 1. The first-order valence-electron chi connectivity index (χ1n) is 9.53. The summed E-state index contributed by atoms with van der Waals surface area (Å²) in [5.74, 6) is 0.703. The first kappa shape index (κ1) is 25.1. The second kappa shape index (κ2) is 12.0. The summed E-state index contributed by atoms with van der Waals surface area (Å²) in [6.45, 7) is 5.81. The highest BCUT2D eigenvalue weighted by molar-refractivity contribution is 9.10. The first-order valence-corrected chi connectivity index (χ1v) is 12.2. The Morgan fingerprint density at radius 1 is 1.03 bits per heavy atom. The summed E-state index contributed by atoms with van der Waals surface area (Å²) in [5, 5.41) is 3.75. The molecule has 30 heavy (non-hydrogen) atoms. The summed E-state index contributed by atoms with van der Waals surface area (Å²) in [7, 11) is 0. The standard InChI is InChI=1S/C22H25BrCl2N2O2S/c1-14(2)26-22(29)15(3)27(11-17-6-9-19(24)20(25)10-17)21(28)13-30-12-16-4-7-18(23)8-5-16/h4-10,14-15H,11-13H2,1-3H3,(H,26,29). The van der Waals surface area contributed by atoms with Crippen molar-refractivity contribution in [3.8, 4) is 0 Å². The topological polar surface area (TPSA) is 49.4 Å². The Labute approximate surface area is 200 Å². The lowest BCUT2D eigenvalue weighted by molar-refractivity contribution is -0.138. The molecule has 2 aromatic carbocycles. The van der Waals surface area contributed by atoms with Crippen molar-refractivity contribution in [2.75, 3.05) is 5.75 Å². The van der Waals surface area contributed by atoms with Crippen LogP contribution in [0.15, 0.2) is 46.9 Å². The van der Waals surface area contributed by atoms with Crippen LogP contribution >= 0.6 is 50.9 Å². The summed E-state index contributed by atoms with van der Waals surface area (Å²) in [6.07, 6.45) is 0. The summed E-state index contributed by atoms with van der Waals surface area (Å²) in [4.78, 5) is 27.2. The Bertz CT molecular complexity index is 878. The van der Waals surface area contributed by atoms with E-state index in [0.29, 0.717) is 15.8 Å². The van der Waals surface area contributed by atoms with E-state index in [4.69, 9.17) is 23.2 Å². The maximum absolute atomic E-state index is 13.0. The molecule has 4 nitrogen and oxygen atoms in total. The minimum absolute atomic E-state index is 0.00587. The first-order chi connectivity index (χ1) is 14.2. The summed E-state index contributed by atoms with van der Waals surface area (Å²) >= 11 is 17.1. The number of amides is 2. The van der Waals surface area contributed by atoms with Crippen LogP contribution in [0.3, 0.4) is 0 Å². The summed E-state index contributed by atoms with van der Waals surface area (Å²) < 4.78 is 1.02. The second-order valence-corrected chi connectivity index (χ2v) is 9.94. The van der Waals surface area contributed by atoms with Crippen molar-refractivity contribution in [2.24, 2.45) is 0 Å². The van der Waals surface area contributed by atoms with Gasteiger partial charge in [0.1, 0.15) is 6.04 Å². The van der Waals surface area contributed by atoms with Crippen molar-refractivity contribution in [2.45, 2.75) is 45.2 Å². The van der Waals surface area contributed by atoms with E-state index in [1.54, 1.807) is 24.0 Å². The van der Waals surface area contributed by atoms with Crippen LogP contribution in [0.25, 0.3) is 0 Å². The molecule has 0 saturated heterocycles. The average Bonchev–Trinajstić information content (AvgIpc) is 2.69. The predicted octanol–water partition coefficient (Wildman–Crippen LogP) is 5.93. The van der Waals surface area contributed by atoms with Crippen LogP contribution in [0.4, 0.5) is 0 Å². The fourth-order valence-corrected chi connectivity index (χ4v) is 4.20. The molecule has 0 radical (unpaired) electrons. The van der Waals surface area contributed by atoms with Gasteiger partial charge in [-0.05, 0) is 56.2 Å². The molecule has 2 amide bonds. The van der Waals surface area contributed by atoms with E-state index in [0.717, 1.165) is 15.6 Å². The maximum atomic E-state index is 13.0. The molecule has 0 spiro atoms.